The van der Waals surface area contributed by atoms with Crippen LogP contribution >= 0.6 is 0 Å². The molecule has 168 valence electrons. The van der Waals surface area contributed by atoms with Crippen LogP contribution in [0.2, 0.25) is 0 Å². The van der Waals surface area contributed by atoms with Crippen LogP contribution in [0.3, 0.4) is 0 Å². The van der Waals surface area contributed by atoms with Crippen molar-refractivity contribution in [3.63, 3.8) is 0 Å². The Bertz CT molecular complexity index is 636. The molecule has 0 aliphatic heterocycles. The van der Waals surface area contributed by atoms with Crippen molar-refractivity contribution < 1.29 is 29.0 Å². The Morgan fingerprint density at radius 2 is 1.67 bits per heavy atom. The zero-order chi connectivity index (χ0) is 22.4. The zero-order valence-electron chi connectivity index (χ0n) is 18.3. The number of ether oxygens (including phenoxy) is 2. The van der Waals surface area contributed by atoms with Crippen LogP contribution in [0.15, 0.2) is 30.3 Å². The fraction of sp³-hybridized carbons (Fsp3) is 0.609. The number of amides is 1. The topological polar surface area (TPSA) is 102 Å². The predicted molar refractivity (Wildman–Crippen MR) is 114 cm³/mol. The first-order valence-corrected chi connectivity index (χ1v) is 10.6. The molecule has 0 radical (unpaired) electrons. The molecule has 1 fully saturated rings. The quantitative estimate of drug-likeness (QED) is 0.472. The Hall–Kier alpha value is -2.57. The van der Waals surface area contributed by atoms with Gasteiger partial charge in [0.2, 0.25) is 0 Å². The van der Waals surface area contributed by atoms with Gasteiger partial charge in [0.05, 0.1) is 0 Å². The minimum Gasteiger partial charge on any atom is -0.481 e. The molecule has 0 spiro atoms. The Kier molecular flexibility index (Phi) is 12.2. The normalized spacial score (nSPS) is 14.8. The number of esters is 1. The summed E-state index contributed by atoms with van der Waals surface area (Å²) in [5, 5.41) is 10.2. The molecular formula is C23H35NO6. The van der Waals surface area contributed by atoms with Crippen molar-refractivity contribution >= 4 is 18.0 Å². The van der Waals surface area contributed by atoms with Crippen LogP contribution in [-0.2, 0) is 25.5 Å². The molecule has 1 aromatic rings. The van der Waals surface area contributed by atoms with Crippen LogP contribution in [0.25, 0.3) is 0 Å². The Balaban J connectivity index is 0.00000103. The first kappa shape index (κ1) is 25.5. The van der Waals surface area contributed by atoms with Crippen molar-refractivity contribution in [2.75, 3.05) is 6.54 Å². The van der Waals surface area contributed by atoms with Crippen LogP contribution in [-0.4, -0.2) is 36.0 Å². The number of carboxylic acid groups (broad SMARTS) is 1. The van der Waals surface area contributed by atoms with Gasteiger partial charge in [0.25, 0.3) is 12.3 Å². The summed E-state index contributed by atoms with van der Waals surface area (Å²) >= 11 is 0. The summed E-state index contributed by atoms with van der Waals surface area (Å²) in [5.41, 5.74) is 0.954. The molecule has 1 amide bonds. The molecule has 1 atom stereocenters. The van der Waals surface area contributed by atoms with Gasteiger partial charge in [-0.1, -0.05) is 63.4 Å². The fourth-order valence-electron chi connectivity index (χ4n) is 3.22. The van der Waals surface area contributed by atoms with Gasteiger partial charge in [-0.2, -0.15) is 0 Å². The number of carbonyl (C=O) groups excluding carboxylic acids is 2. The molecule has 0 aromatic heterocycles. The molecule has 1 saturated carbocycles. The number of nitrogens with one attached hydrogen (secondary N) is 1. The molecule has 1 aliphatic rings. The largest absolute Gasteiger partial charge is 0.481 e. The van der Waals surface area contributed by atoms with E-state index in [4.69, 9.17) is 19.4 Å². The Morgan fingerprint density at radius 3 is 2.23 bits per heavy atom. The first-order valence-electron chi connectivity index (χ1n) is 10.6. The maximum atomic E-state index is 12.2. The highest BCUT2D eigenvalue weighted by Crippen LogP contribution is 2.22. The van der Waals surface area contributed by atoms with E-state index in [1.807, 2.05) is 44.2 Å². The van der Waals surface area contributed by atoms with E-state index in [-0.39, 0.29) is 11.9 Å². The van der Waals surface area contributed by atoms with Crippen molar-refractivity contribution in [1.29, 1.82) is 0 Å². The summed E-state index contributed by atoms with van der Waals surface area (Å²) in [4.78, 5) is 33.2. The van der Waals surface area contributed by atoms with Crippen molar-refractivity contribution in [2.45, 2.75) is 72.0 Å². The van der Waals surface area contributed by atoms with Gasteiger partial charge in [-0.15, -0.1) is 0 Å². The minimum atomic E-state index is -0.907. The summed E-state index contributed by atoms with van der Waals surface area (Å²) in [6, 6.07) is 9.58. The van der Waals surface area contributed by atoms with E-state index in [0.29, 0.717) is 25.3 Å². The zero-order valence-corrected chi connectivity index (χ0v) is 18.3. The third kappa shape index (κ3) is 12.8. The van der Waals surface area contributed by atoms with Crippen molar-refractivity contribution in [2.24, 2.45) is 11.8 Å². The van der Waals surface area contributed by atoms with E-state index < -0.39 is 18.4 Å². The lowest BCUT2D eigenvalue weighted by Crippen LogP contribution is -2.36. The third-order valence-electron chi connectivity index (χ3n) is 4.58. The second-order valence-electron chi connectivity index (χ2n) is 8.02. The molecule has 1 aliphatic carbocycles. The molecule has 2 rings (SSSR count). The molecule has 7 heteroatoms. The maximum Gasteiger partial charge on any atom is 0.410 e. The molecular weight excluding hydrogens is 386 g/mol. The number of rotatable bonds is 8. The summed E-state index contributed by atoms with van der Waals surface area (Å²) in [6.45, 7) is 5.60. The van der Waals surface area contributed by atoms with Gasteiger partial charge in [-0.25, -0.2) is 4.79 Å². The van der Waals surface area contributed by atoms with Crippen molar-refractivity contribution in [1.82, 2.24) is 5.32 Å². The van der Waals surface area contributed by atoms with Gasteiger partial charge in [0.1, 0.15) is 0 Å². The van der Waals surface area contributed by atoms with E-state index in [0.717, 1.165) is 25.3 Å². The number of hydrogen-bond donors (Lipinski definition) is 2. The SMILES string of the molecule is CC(=O)O.CC(C)CC(=O)OC(Cc1ccccc1)OC(=O)NCC1CCCCC1. The highest BCUT2D eigenvalue weighted by Gasteiger charge is 2.21. The Labute approximate surface area is 179 Å². The van der Waals surface area contributed by atoms with Crippen LogP contribution in [0.1, 0.15) is 64.9 Å². The van der Waals surface area contributed by atoms with Crippen molar-refractivity contribution in [3.05, 3.63) is 35.9 Å². The third-order valence-corrected chi connectivity index (χ3v) is 4.58. The van der Waals surface area contributed by atoms with Crippen LogP contribution in [0.4, 0.5) is 4.79 Å². The van der Waals surface area contributed by atoms with Gasteiger partial charge in [0.15, 0.2) is 0 Å². The summed E-state index contributed by atoms with van der Waals surface area (Å²) in [6.07, 6.45) is 5.26. The standard InChI is InChI=1S/C21H31NO4.C2H4O2/c1-16(2)13-19(23)25-20(14-17-9-5-3-6-10-17)26-21(24)22-15-18-11-7-4-8-12-18;1-2(3)4/h3,5-6,9-10,16,18,20H,4,7-8,11-15H2,1-2H3,(H,22,24);1H3,(H,3,4). The highest BCUT2D eigenvalue weighted by molar-refractivity contribution is 5.70. The lowest BCUT2D eigenvalue weighted by molar-refractivity contribution is -0.168. The van der Waals surface area contributed by atoms with Gasteiger partial charge in [0, 0.05) is 26.3 Å². The molecule has 2 N–H and O–H groups in total. The second-order valence-corrected chi connectivity index (χ2v) is 8.02. The summed E-state index contributed by atoms with van der Waals surface area (Å²) in [7, 11) is 0. The molecule has 1 unspecified atom stereocenters. The first-order chi connectivity index (χ1) is 14.3. The van der Waals surface area contributed by atoms with Crippen LogP contribution in [0, 0.1) is 11.8 Å². The Morgan fingerprint density at radius 1 is 1.07 bits per heavy atom. The maximum absolute atomic E-state index is 12.2. The van der Waals surface area contributed by atoms with E-state index in [2.05, 4.69) is 5.32 Å². The van der Waals surface area contributed by atoms with Crippen LogP contribution in [0.5, 0.6) is 0 Å². The average molecular weight is 422 g/mol. The monoisotopic (exact) mass is 421 g/mol. The van der Waals surface area contributed by atoms with Gasteiger partial charge in [-0.05, 0) is 30.2 Å². The molecule has 1 aromatic carbocycles. The summed E-state index contributed by atoms with van der Waals surface area (Å²) in [5.74, 6) is -0.464. The van der Waals surface area contributed by atoms with E-state index in [1.165, 1.54) is 19.3 Å². The molecule has 7 nitrogen and oxygen atoms in total. The number of alkyl carbamates (subject to hydrolysis) is 1. The number of benzene rings is 1. The number of carbonyl (C=O) groups is 3. The fourth-order valence-corrected chi connectivity index (χ4v) is 3.22. The predicted octanol–water partition coefficient (Wildman–Crippen LogP) is 4.54. The van der Waals surface area contributed by atoms with Crippen molar-refractivity contribution in [3.8, 4) is 0 Å². The van der Waals surface area contributed by atoms with Gasteiger partial charge < -0.3 is 19.9 Å². The lowest BCUT2D eigenvalue weighted by atomic mass is 9.89. The number of aliphatic carboxylic acids is 1. The number of carboxylic acids is 1. The minimum absolute atomic E-state index is 0.194. The highest BCUT2D eigenvalue weighted by atomic mass is 16.7. The molecule has 0 saturated heterocycles. The molecule has 30 heavy (non-hydrogen) atoms. The van der Waals surface area contributed by atoms with E-state index >= 15 is 0 Å². The van der Waals surface area contributed by atoms with Crippen LogP contribution < -0.4 is 5.32 Å². The number of hydrogen-bond acceptors (Lipinski definition) is 5. The smallest absolute Gasteiger partial charge is 0.410 e. The molecule has 0 heterocycles. The van der Waals surface area contributed by atoms with E-state index in [1.54, 1.807) is 0 Å². The van der Waals surface area contributed by atoms with Gasteiger partial charge >= 0.3 is 12.1 Å². The average Bonchev–Trinajstić information content (AvgIpc) is 2.67. The van der Waals surface area contributed by atoms with Gasteiger partial charge in [-0.3, -0.25) is 9.59 Å². The van der Waals surface area contributed by atoms with E-state index in [9.17, 15) is 9.59 Å². The second kappa shape index (κ2) is 14.4. The molecule has 0 bridgehead atoms. The lowest BCUT2D eigenvalue weighted by Gasteiger charge is -2.23. The summed E-state index contributed by atoms with van der Waals surface area (Å²) < 4.78 is 10.8.